The number of hydrogen-bond acceptors (Lipinski definition) is 18. The van der Waals surface area contributed by atoms with E-state index in [2.05, 4.69) is 19.7 Å². The van der Waals surface area contributed by atoms with Crippen molar-refractivity contribution in [2.24, 2.45) is 0 Å². The Labute approximate surface area is 509 Å². The van der Waals surface area contributed by atoms with Gasteiger partial charge >= 0.3 is 41.8 Å². The summed E-state index contributed by atoms with van der Waals surface area (Å²) in [6.07, 6.45) is 19.1. The highest BCUT2D eigenvalue weighted by molar-refractivity contribution is 5.97. The van der Waals surface area contributed by atoms with Crippen LogP contribution in [0, 0.1) is 0 Å². The van der Waals surface area contributed by atoms with E-state index in [1.807, 2.05) is 0 Å². The fraction of sp³-hybridized carbons (Fsp3) is 0.377. The standard InChI is InChI=1S/C69H80O18/c1-4-63(70)81-47-20-13-9-7-11-17-43-77-56-33-27-53(28-34-56)67(74)86-60-41-42-62(87-68(75)54-29-35-57(36-30-54)78-44-18-12-8-10-14-21-48-82-64(71)5-2)61(51-60)69(76)84-50-24-23-46-80-58-37-39-59(40-38-58)85-66(73)52-25-31-55(32-26-52)79-45-19-15-16-22-49-83-65(72)6-3/h4-6,25-42,51H,1-3,7-24,43-50H2. The van der Waals surface area contributed by atoms with E-state index in [-0.39, 0.29) is 41.4 Å². The third-order valence-corrected chi connectivity index (χ3v) is 13.1. The fourth-order valence-electron chi connectivity index (χ4n) is 8.26. The van der Waals surface area contributed by atoms with Crippen molar-refractivity contribution in [2.45, 2.75) is 116 Å². The number of hydrogen-bond donors (Lipinski definition) is 0. The first-order valence-electron chi connectivity index (χ1n) is 29.7. The lowest BCUT2D eigenvalue weighted by atomic mass is 10.1. The van der Waals surface area contributed by atoms with Gasteiger partial charge < -0.3 is 52.1 Å². The van der Waals surface area contributed by atoms with Crippen molar-refractivity contribution in [1.29, 1.82) is 0 Å². The molecule has 0 aliphatic heterocycles. The maximum Gasteiger partial charge on any atom is 0.343 e. The van der Waals surface area contributed by atoms with E-state index >= 15 is 0 Å². The van der Waals surface area contributed by atoms with Crippen molar-refractivity contribution in [1.82, 2.24) is 0 Å². The maximum absolute atomic E-state index is 13.7. The molecule has 5 rings (SSSR count). The van der Waals surface area contributed by atoms with Crippen LogP contribution in [0.15, 0.2) is 153 Å². The normalized spacial score (nSPS) is 10.6. The lowest BCUT2D eigenvalue weighted by Crippen LogP contribution is -2.15. The molecule has 87 heavy (non-hydrogen) atoms. The summed E-state index contributed by atoms with van der Waals surface area (Å²) < 4.78 is 61.1. The molecule has 0 aliphatic rings. The van der Waals surface area contributed by atoms with E-state index in [9.17, 15) is 33.6 Å². The first kappa shape index (κ1) is 68.6. The highest BCUT2D eigenvalue weighted by atomic mass is 16.6. The summed E-state index contributed by atoms with van der Waals surface area (Å²) in [6, 6.07) is 30.3. The van der Waals surface area contributed by atoms with E-state index in [1.54, 1.807) is 97.1 Å². The topological polar surface area (TPSA) is 221 Å². The highest BCUT2D eigenvalue weighted by Gasteiger charge is 2.21. The quantitative estimate of drug-likeness (QED) is 0.0116. The Hall–Kier alpha value is -9.19. The largest absolute Gasteiger partial charge is 0.494 e. The Bertz CT molecular complexity index is 2930. The van der Waals surface area contributed by atoms with Gasteiger partial charge in [-0.1, -0.05) is 71.1 Å². The minimum atomic E-state index is -0.817. The average molecular weight is 1200 g/mol. The molecule has 0 saturated heterocycles. The minimum Gasteiger partial charge on any atom is -0.494 e. The molecule has 5 aromatic carbocycles. The first-order valence-corrected chi connectivity index (χ1v) is 29.7. The van der Waals surface area contributed by atoms with Gasteiger partial charge in [0.15, 0.2) is 0 Å². The van der Waals surface area contributed by atoms with Crippen LogP contribution in [0.5, 0.6) is 40.2 Å². The molecule has 0 unspecified atom stereocenters. The van der Waals surface area contributed by atoms with Crippen molar-refractivity contribution >= 4 is 41.8 Å². The first-order chi connectivity index (χ1) is 42.4. The molecule has 0 spiro atoms. The SMILES string of the molecule is C=CC(=O)OCCCCCCCCOc1ccc(C(=O)Oc2ccc(OC(=O)c3ccc(OCCCCCCCCOC(=O)C=C)cc3)c(C(=O)OCCCCOc3ccc(OC(=O)c4ccc(OCCCCCCOC(=O)C=C)cc4)cc3)c2)cc1. The number of esters is 7. The summed E-state index contributed by atoms with van der Waals surface area (Å²) in [5.74, 6) is -1.48. The molecule has 0 bridgehead atoms. The Kier molecular flexibility index (Phi) is 32.3. The summed E-state index contributed by atoms with van der Waals surface area (Å²) in [6.45, 7) is 13.1. The summed E-state index contributed by atoms with van der Waals surface area (Å²) in [5, 5.41) is 0. The van der Waals surface area contributed by atoms with Gasteiger partial charge in [0, 0.05) is 18.2 Å². The van der Waals surface area contributed by atoms with E-state index in [0.717, 1.165) is 121 Å². The molecular formula is C69H80O18. The van der Waals surface area contributed by atoms with Gasteiger partial charge in [0.05, 0.1) is 69.5 Å². The molecule has 0 aliphatic carbocycles. The molecule has 0 N–H and O–H groups in total. The Morgan fingerprint density at radius 3 is 0.908 bits per heavy atom. The van der Waals surface area contributed by atoms with Crippen LogP contribution in [-0.2, 0) is 33.3 Å². The summed E-state index contributed by atoms with van der Waals surface area (Å²) in [4.78, 5) is 86.8. The molecular weight excluding hydrogens is 1120 g/mol. The van der Waals surface area contributed by atoms with Crippen LogP contribution in [0.3, 0.4) is 0 Å². The molecule has 18 heteroatoms. The number of rotatable bonds is 44. The zero-order valence-corrected chi connectivity index (χ0v) is 49.6. The van der Waals surface area contributed by atoms with E-state index < -0.39 is 41.8 Å². The van der Waals surface area contributed by atoms with Gasteiger partial charge in [-0.25, -0.2) is 33.6 Å². The van der Waals surface area contributed by atoms with E-state index in [4.69, 9.17) is 52.1 Å². The van der Waals surface area contributed by atoms with Crippen LogP contribution in [0.4, 0.5) is 0 Å². The second-order valence-electron chi connectivity index (χ2n) is 19.9. The number of benzene rings is 5. The second-order valence-corrected chi connectivity index (χ2v) is 19.9. The van der Waals surface area contributed by atoms with Gasteiger partial charge in [0.25, 0.3) is 0 Å². The van der Waals surface area contributed by atoms with Gasteiger partial charge in [-0.15, -0.1) is 0 Å². The Balaban J connectivity index is 1.07. The molecule has 0 heterocycles. The monoisotopic (exact) mass is 1200 g/mol. The maximum atomic E-state index is 13.7. The van der Waals surface area contributed by atoms with E-state index in [1.165, 1.54) is 18.2 Å². The molecule has 0 fully saturated rings. The van der Waals surface area contributed by atoms with Crippen LogP contribution in [0.1, 0.15) is 157 Å². The molecule has 0 atom stereocenters. The molecule has 464 valence electrons. The van der Waals surface area contributed by atoms with Crippen LogP contribution in [-0.4, -0.2) is 94.6 Å². The van der Waals surface area contributed by atoms with Gasteiger partial charge in [-0.2, -0.15) is 0 Å². The van der Waals surface area contributed by atoms with Gasteiger partial charge in [-0.3, -0.25) is 0 Å². The average Bonchev–Trinajstić information content (AvgIpc) is 3.58. The lowest BCUT2D eigenvalue weighted by Gasteiger charge is -2.13. The molecule has 0 radical (unpaired) electrons. The third kappa shape index (κ3) is 28.0. The number of carbonyl (C=O) groups excluding carboxylic acids is 7. The van der Waals surface area contributed by atoms with Crippen molar-refractivity contribution in [3.63, 3.8) is 0 Å². The van der Waals surface area contributed by atoms with Crippen LogP contribution in [0.2, 0.25) is 0 Å². The van der Waals surface area contributed by atoms with Gasteiger partial charge in [0.2, 0.25) is 0 Å². The number of unbranched alkanes of at least 4 members (excludes halogenated alkanes) is 14. The van der Waals surface area contributed by atoms with Gasteiger partial charge in [-0.05, 0) is 179 Å². The van der Waals surface area contributed by atoms with E-state index in [0.29, 0.717) is 86.8 Å². The summed E-state index contributed by atoms with van der Waals surface area (Å²) >= 11 is 0. The highest BCUT2D eigenvalue weighted by Crippen LogP contribution is 2.28. The van der Waals surface area contributed by atoms with Crippen molar-refractivity contribution in [3.8, 4) is 40.2 Å². The molecule has 0 saturated carbocycles. The zero-order valence-electron chi connectivity index (χ0n) is 49.6. The predicted octanol–water partition coefficient (Wildman–Crippen LogP) is 13.9. The lowest BCUT2D eigenvalue weighted by molar-refractivity contribution is -0.138. The van der Waals surface area contributed by atoms with Gasteiger partial charge in [0.1, 0.15) is 45.8 Å². The second kappa shape index (κ2) is 41.0. The predicted molar refractivity (Wildman–Crippen MR) is 326 cm³/mol. The zero-order chi connectivity index (χ0) is 62.1. The molecule has 0 amide bonds. The summed E-state index contributed by atoms with van der Waals surface area (Å²) in [5.41, 5.74) is 0.646. The summed E-state index contributed by atoms with van der Waals surface area (Å²) in [7, 11) is 0. The van der Waals surface area contributed by atoms with Crippen molar-refractivity contribution < 1.29 is 85.7 Å². The molecule has 0 aromatic heterocycles. The number of ether oxygens (including phenoxy) is 11. The van der Waals surface area contributed by atoms with Crippen LogP contribution >= 0.6 is 0 Å². The Morgan fingerprint density at radius 2 is 0.540 bits per heavy atom. The third-order valence-electron chi connectivity index (χ3n) is 13.1. The van der Waals surface area contributed by atoms with Crippen molar-refractivity contribution in [3.05, 3.63) is 175 Å². The molecule has 5 aromatic rings. The van der Waals surface area contributed by atoms with Crippen LogP contribution in [0.25, 0.3) is 0 Å². The fourth-order valence-corrected chi connectivity index (χ4v) is 8.26. The van der Waals surface area contributed by atoms with Crippen LogP contribution < -0.4 is 33.2 Å². The number of carbonyl (C=O) groups is 7. The smallest absolute Gasteiger partial charge is 0.343 e. The molecule has 18 nitrogen and oxygen atoms in total. The van der Waals surface area contributed by atoms with Crippen molar-refractivity contribution in [2.75, 3.05) is 52.9 Å². The Morgan fingerprint density at radius 1 is 0.276 bits per heavy atom. The minimum absolute atomic E-state index is 0.00885.